The first-order valence-corrected chi connectivity index (χ1v) is 8.57. The Morgan fingerprint density at radius 3 is 2.48 bits per heavy atom. The number of hydrogen-bond donors (Lipinski definition) is 1. The molecule has 0 aromatic heterocycles. The van der Waals surface area contributed by atoms with Crippen LogP contribution in [0.2, 0.25) is 0 Å². The van der Waals surface area contributed by atoms with Crippen molar-refractivity contribution in [2.45, 2.75) is 78.0 Å². The van der Waals surface area contributed by atoms with E-state index in [2.05, 4.69) is 44.8 Å². The van der Waals surface area contributed by atoms with Crippen molar-refractivity contribution in [1.82, 2.24) is 10.2 Å². The normalized spacial score (nSPS) is 33.0. The highest BCUT2D eigenvalue weighted by Gasteiger charge is 2.49. The molecule has 1 amide bonds. The number of nitrogens with one attached hydrogen (secondary N) is 1. The van der Waals surface area contributed by atoms with Crippen molar-refractivity contribution in [2.24, 2.45) is 11.8 Å². The lowest BCUT2D eigenvalue weighted by molar-refractivity contribution is -0.136. The molecule has 0 bridgehead atoms. The molecule has 2 heterocycles. The summed E-state index contributed by atoms with van der Waals surface area (Å²) in [4.78, 5) is 15.1. The Morgan fingerprint density at radius 2 is 1.95 bits per heavy atom. The Balaban J connectivity index is 2.17. The molecular weight excluding hydrogens is 264 g/mol. The maximum Gasteiger partial charge on any atom is 0.244 e. The van der Waals surface area contributed by atoms with Gasteiger partial charge >= 0.3 is 0 Å². The second kappa shape index (κ2) is 6.66. The van der Waals surface area contributed by atoms with E-state index in [0.29, 0.717) is 17.9 Å². The number of ether oxygens (including phenoxy) is 1. The summed E-state index contributed by atoms with van der Waals surface area (Å²) in [6.45, 7) is 12.5. The van der Waals surface area contributed by atoms with Gasteiger partial charge in [-0.05, 0) is 51.4 Å². The number of hydrogen-bond acceptors (Lipinski definition) is 3. The second-order valence-corrected chi connectivity index (χ2v) is 7.38. The van der Waals surface area contributed by atoms with Crippen molar-refractivity contribution in [3.05, 3.63) is 0 Å². The molecule has 2 saturated heterocycles. The Kier molecular flexibility index (Phi) is 5.31. The first-order chi connectivity index (χ1) is 9.89. The molecule has 0 aliphatic carbocycles. The molecule has 3 unspecified atom stereocenters. The number of nitrogens with zero attached hydrogens (tertiary/aromatic N) is 1. The van der Waals surface area contributed by atoms with E-state index in [1.54, 1.807) is 0 Å². The highest BCUT2D eigenvalue weighted by atomic mass is 16.5. The van der Waals surface area contributed by atoms with Crippen LogP contribution in [0.1, 0.15) is 60.3 Å². The molecule has 3 atom stereocenters. The van der Waals surface area contributed by atoms with Crippen LogP contribution in [0.25, 0.3) is 0 Å². The quantitative estimate of drug-likeness (QED) is 0.848. The Labute approximate surface area is 129 Å². The lowest BCUT2D eigenvalue weighted by Gasteiger charge is -2.38. The van der Waals surface area contributed by atoms with Crippen molar-refractivity contribution in [1.29, 1.82) is 0 Å². The van der Waals surface area contributed by atoms with Gasteiger partial charge in [0.15, 0.2) is 0 Å². The van der Waals surface area contributed by atoms with Gasteiger partial charge in [0.2, 0.25) is 5.91 Å². The van der Waals surface area contributed by atoms with E-state index >= 15 is 0 Å². The number of carbonyl (C=O) groups is 1. The number of amides is 1. The average molecular weight is 296 g/mol. The van der Waals surface area contributed by atoms with Gasteiger partial charge < -0.3 is 9.64 Å². The fraction of sp³-hybridized carbons (Fsp3) is 0.941. The average Bonchev–Trinajstić information content (AvgIpc) is 2.70. The Morgan fingerprint density at radius 1 is 1.33 bits per heavy atom. The summed E-state index contributed by atoms with van der Waals surface area (Å²) in [5.74, 6) is 1.44. The minimum Gasteiger partial charge on any atom is -0.381 e. The van der Waals surface area contributed by atoms with Crippen LogP contribution >= 0.6 is 0 Å². The molecule has 2 fully saturated rings. The Hall–Kier alpha value is -0.610. The molecule has 0 radical (unpaired) electrons. The summed E-state index contributed by atoms with van der Waals surface area (Å²) in [5.41, 5.74) is -0.390. The summed E-state index contributed by atoms with van der Waals surface area (Å²) in [7, 11) is 0. The largest absolute Gasteiger partial charge is 0.381 e. The zero-order chi connectivity index (χ0) is 15.6. The number of rotatable bonds is 5. The number of carbonyl (C=O) groups excluding carboxylic acids is 1. The van der Waals surface area contributed by atoms with Crippen molar-refractivity contribution >= 4 is 5.91 Å². The van der Waals surface area contributed by atoms with Crippen LogP contribution in [-0.2, 0) is 9.53 Å². The standard InChI is InChI=1S/C17H32N2O2/c1-6-17(5)16(20)19(15(18-17)11-12(2)3)13(4)14-7-9-21-10-8-14/h12-15,18H,6-11H2,1-5H3. The van der Waals surface area contributed by atoms with Gasteiger partial charge in [-0.1, -0.05) is 20.8 Å². The van der Waals surface area contributed by atoms with E-state index in [9.17, 15) is 4.79 Å². The third-order valence-corrected chi connectivity index (χ3v) is 5.32. The van der Waals surface area contributed by atoms with E-state index in [4.69, 9.17) is 4.74 Å². The molecule has 122 valence electrons. The molecule has 4 nitrogen and oxygen atoms in total. The summed E-state index contributed by atoms with van der Waals surface area (Å²) in [6, 6.07) is 0.297. The van der Waals surface area contributed by atoms with Gasteiger partial charge in [0.05, 0.1) is 11.7 Å². The van der Waals surface area contributed by atoms with Crippen LogP contribution in [0.3, 0.4) is 0 Å². The van der Waals surface area contributed by atoms with Gasteiger partial charge in [0, 0.05) is 19.3 Å². The molecule has 21 heavy (non-hydrogen) atoms. The maximum atomic E-state index is 13.0. The summed E-state index contributed by atoms with van der Waals surface area (Å²) in [6.07, 6.45) is 4.19. The SMILES string of the molecule is CCC1(C)NC(CC(C)C)N(C(C)C2CCOCC2)C1=O. The van der Waals surface area contributed by atoms with E-state index in [1.165, 1.54) is 0 Å². The Bertz CT molecular complexity index is 366. The first-order valence-electron chi connectivity index (χ1n) is 8.57. The molecule has 2 rings (SSSR count). The van der Waals surface area contributed by atoms with Crippen molar-refractivity contribution in [2.75, 3.05) is 13.2 Å². The van der Waals surface area contributed by atoms with Gasteiger partial charge in [-0.25, -0.2) is 0 Å². The zero-order valence-electron chi connectivity index (χ0n) is 14.3. The van der Waals surface area contributed by atoms with Gasteiger partial charge in [0.1, 0.15) is 0 Å². The van der Waals surface area contributed by atoms with Crippen molar-refractivity contribution in [3.8, 4) is 0 Å². The highest BCUT2D eigenvalue weighted by Crippen LogP contribution is 2.33. The molecule has 0 aromatic rings. The lowest BCUT2D eigenvalue weighted by atomic mass is 9.90. The second-order valence-electron chi connectivity index (χ2n) is 7.38. The van der Waals surface area contributed by atoms with Crippen molar-refractivity contribution in [3.63, 3.8) is 0 Å². The van der Waals surface area contributed by atoms with Crippen LogP contribution in [-0.4, -0.2) is 41.8 Å². The lowest BCUT2D eigenvalue weighted by Crippen LogP contribution is -2.48. The smallest absolute Gasteiger partial charge is 0.244 e. The molecule has 0 aromatic carbocycles. The van der Waals surface area contributed by atoms with E-state index < -0.39 is 0 Å². The fourth-order valence-electron chi connectivity index (χ4n) is 3.69. The molecule has 0 saturated carbocycles. The fourth-order valence-corrected chi connectivity index (χ4v) is 3.69. The minimum atomic E-state index is -0.390. The van der Waals surface area contributed by atoms with E-state index in [-0.39, 0.29) is 17.6 Å². The van der Waals surface area contributed by atoms with Crippen LogP contribution in [0, 0.1) is 11.8 Å². The van der Waals surface area contributed by atoms with Crippen LogP contribution < -0.4 is 5.32 Å². The molecule has 1 N–H and O–H groups in total. The van der Waals surface area contributed by atoms with E-state index in [0.717, 1.165) is 38.9 Å². The monoisotopic (exact) mass is 296 g/mol. The first kappa shape index (κ1) is 16.8. The summed E-state index contributed by atoms with van der Waals surface area (Å²) >= 11 is 0. The van der Waals surface area contributed by atoms with Gasteiger partial charge in [-0.3, -0.25) is 10.1 Å². The van der Waals surface area contributed by atoms with Crippen LogP contribution in [0.5, 0.6) is 0 Å². The minimum absolute atomic E-state index is 0.181. The van der Waals surface area contributed by atoms with Crippen molar-refractivity contribution < 1.29 is 9.53 Å². The third kappa shape index (κ3) is 3.42. The van der Waals surface area contributed by atoms with Crippen LogP contribution in [0.15, 0.2) is 0 Å². The van der Waals surface area contributed by atoms with Gasteiger partial charge in [-0.15, -0.1) is 0 Å². The topological polar surface area (TPSA) is 41.6 Å². The van der Waals surface area contributed by atoms with Gasteiger partial charge in [0.25, 0.3) is 0 Å². The summed E-state index contributed by atoms with van der Waals surface area (Å²) < 4.78 is 5.47. The molecule has 4 heteroatoms. The zero-order valence-corrected chi connectivity index (χ0v) is 14.3. The summed E-state index contributed by atoms with van der Waals surface area (Å²) in [5, 5.41) is 3.61. The highest BCUT2D eigenvalue weighted by molar-refractivity contribution is 5.88. The maximum absolute atomic E-state index is 13.0. The third-order valence-electron chi connectivity index (χ3n) is 5.32. The molecule has 0 spiro atoms. The molecule has 2 aliphatic rings. The van der Waals surface area contributed by atoms with E-state index in [1.807, 2.05) is 0 Å². The molecule has 2 aliphatic heterocycles. The predicted octanol–water partition coefficient (Wildman–Crippen LogP) is 2.77. The molecular formula is C17H32N2O2. The van der Waals surface area contributed by atoms with Gasteiger partial charge in [-0.2, -0.15) is 0 Å². The predicted molar refractivity (Wildman–Crippen MR) is 84.9 cm³/mol. The van der Waals surface area contributed by atoms with Crippen LogP contribution in [0.4, 0.5) is 0 Å².